The van der Waals surface area contributed by atoms with Crippen LogP contribution in [0.15, 0.2) is 48.5 Å². The first kappa shape index (κ1) is 20.9. The second-order valence-corrected chi connectivity index (χ2v) is 7.52. The van der Waals surface area contributed by atoms with E-state index in [0.717, 1.165) is 31.4 Å². The molecule has 0 fully saturated rings. The van der Waals surface area contributed by atoms with Crippen LogP contribution in [0.25, 0.3) is 0 Å². The maximum Gasteiger partial charge on any atom is 0.267 e. The Balaban J connectivity index is 1.76. The number of nitrogens with zero attached hydrogens (tertiary/aromatic N) is 1. The average Bonchev–Trinajstić information content (AvgIpc) is 2.73. The lowest BCUT2D eigenvalue weighted by molar-refractivity contribution is -0.125. The van der Waals surface area contributed by atoms with Crippen LogP contribution >= 0.6 is 0 Å². The maximum absolute atomic E-state index is 12.8. The Kier molecular flexibility index (Phi) is 6.91. The minimum absolute atomic E-state index is 0.00841. The van der Waals surface area contributed by atoms with Gasteiger partial charge in [0.2, 0.25) is 5.91 Å². The number of hydrogen-bond donors (Lipinski definition) is 1. The molecule has 0 spiro atoms. The van der Waals surface area contributed by atoms with Crippen molar-refractivity contribution in [2.24, 2.45) is 5.92 Å². The van der Waals surface area contributed by atoms with Crippen molar-refractivity contribution >= 4 is 23.2 Å². The van der Waals surface area contributed by atoms with E-state index in [1.165, 1.54) is 5.56 Å². The quantitative estimate of drug-likeness (QED) is 0.699. The molecule has 0 aromatic heterocycles. The molecule has 1 aliphatic heterocycles. The van der Waals surface area contributed by atoms with Crippen LogP contribution < -0.4 is 15.0 Å². The SMILES string of the molecule is CCC(CC)C(=O)Nc1ccc2c(c1)N(CCCc1ccccc1)C(=O)C(C)O2. The van der Waals surface area contributed by atoms with E-state index in [1.54, 1.807) is 11.8 Å². The third-order valence-electron chi connectivity index (χ3n) is 5.48. The predicted molar refractivity (Wildman–Crippen MR) is 116 cm³/mol. The van der Waals surface area contributed by atoms with Gasteiger partial charge in [0.25, 0.3) is 5.91 Å². The van der Waals surface area contributed by atoms with Gasteiger partial charge in [-0.15, -0.1) is 0 Å². The smallest absolute Gasteiger partial charge is 0.267 e. The second-order valence-electron chi connectivity index (χ2n) is 7.52. The van der Waals surface area contributed by atoms with Crippen molar-refractivity contribution < 1.29 is 14.3 Å². The van der Waals surface area contributed by atoms with Crippen LogP contribution in [-0.4, -0.2) is 24.5 Å². The van der Waals surface area contributed by atoms with E-state index in [0.29, 0.717) is 18.0 Å². The van der Waals surface area contributed by atoms with Gasteiger partial charge in [-0.1, -0.05) is 44.2 Å². The van der Waals surface area contributed by atoms with Crippen LogP contribution in [0.3, 0.4) is 0 Å². The molecule has 2 amide bonds. The number of ether oxygens (including phenoxy) is 1. The van der Waals surface area contributed by atoms with Crippen LogP contribution in [0.5, 0.6) is 5.75 Å². The topological polar surface area (TPSA) is 58.6 Å². The van der Waals surface area contributed by atoms with Crippen LogP contribution in [0.4, 0.5) is 11.4 Å². The monoisotopic (exact) mass is 394 g/mol. The van der Waals surface area contributed by atoms with Crippen molar-refractivity contribution in [2.45, 2.75) is 52.6 Å². The Morgan fingerprint density at radius 2 is 1.86 bits per heavy atom. The Morgan fingerprint density at radius 1 is 1.14 bits per heavy atom. The lowest BCUT2D eigenvalue weighted by atomic mass is 10.0. The molecule has 5 heteroatoms. The molecular formula is C24H30N2O3. The van der Waals surface area contributed by atoms with Gasteiger partial charge < -0.3 is 15.0 Å². The van der Waals surface area contributed by atoms with Gasteiger partial charge >= 0.3 is 0 Å². The first-order valence-corrected chi connectivity index (χ1v) is 10.5. The number of carbonyl (C=O) groups excluding carboxylic acids is 2. The normalized spacial score (nSPS) is 15.8. The van der Waals surface area contributed by atoms with E-state index in [4.69, 9.17) is 4.74 Å². The zero-order chi connectivity index (χ0) is 20.8. The number of fused-ring (bicyclic) bond motifs is 1. The van der Waals surface area contributed by atoms with Crippen LogP contribution in [0, 0.1) is 5.92 Å². The van der Waals surface area contributed by atoms with Crippen LogP contribution in [0.2, 0.25) is 0 Å². The van der Waals surface area contributed by atoms with E-state index in [9.17, 15) is 9.59 Å². The summed E-state index contributed by atoms with van der Waals surface area (Å²) in [6, 6.07) is 15.8. The van der Waals surface area contributed by atoms with Crippen LogP contribution in [-0.2, 0) is 16.0 Å². The first-order valence-electron chi connectivity index (χ1n) is 10.5. The zero-order valence-electron chi connectivity index (χ0n) is 17.5. The van der Waals surface area contributed by atoms with Crippen molar-refractivity contribution in [1.29, 1.82) is 0 Å². The maximum atomic E-state index is 12.8. The zero-order valence-corrected chi connectivity index (χ0v) is 17.5. The molecule has 1 aliphatic rings. The summed E-state index contributed by atoms with van der Waals surface area (Å²) in [7, 11) is 0. The number of nitrogens with one attached hydrogen (secondary N) is 1. The van der Waals surface area contributed by atoms with Gasteiger partial charge in [-0.3, -0.25) is 9.59 Å². The molecule has 0 saturated heterocycles. The molecule has 0 bridgehead atoms. The summed E-state index contributed by atoms with van der Waals surface area (Å²) < 4.78 is 5.78. The minimum atomic E-state index is -0.510. The molecule has 2 aromatic carbocycles. The summed E-state index contributed by atoms with van der Waals surface area (Å²) in [5.74, 6) is 0.638. The predicted octanol–water partition coefficient (Wildman–Crippen LogP) is 4.81. The summed E-state index contributed by atoms with van der Waals surface area (Å²) in [4.78, 5) is 27.0. The van der Waals surface area contributed by atoms with Crippen molar-refractivity contribution in [3.05, 3.63) is 54.1 Å². The molecule has 0 aliphatic carbocycles. The van der Waals surface area contributed by atoms with Crippen LogP contribution in [0.1, 0.15) is 45.6 Å². The fourth-order valence-corrected chi connectivity index (χ4v) is 3.71. The molecule has 0 saturated carbocycles. The molecular weight excluding hydrogens is 364 g/mol. The molecule has 2 aromatic rings. The average molecular weight is 395 g/mol. The van der Waals surface area contributed by atoms with Crippen molar-refractivity contribution in [3.63, 3.8) is 0 Å². The van der Waals surface area contributed by atoms with E-state index < -0.39 is 6.10 Å². The van der Waals surface area contributed by atoms with E-state index >= 15 is 0 Å². The molecule has 1 heterocycles. The molecule has 0 radical (unpaired) electrons. The van der Waals surface area contributed by atoms with Gasteiger partial charge in [-0.05, 0) is 56.4 Å². The summed E-state index contributed by atoms with van der Waals surface area (Å²) in [5.41, 5.74) is 2.68. The minimum Gasteiger partial charge on any atom is -0.479 e. The fraction of sp³-hybridized carbons (Fsp3) is 0.417. The number of amides is 2. The lowest BCUT2D eigenvalue weighted by Gasteiger charge is -2.33. The lowest BCUT2D eigenvalue weighted by Crippen LogP contribution is -2.45. The Morgan fingerprint density at radius 3 is 2.55 bits per heavy atom. The van der Waals surface area contributed by atoms with Gasteiger partial charge in [0.1, 0.15) is 5.75 Å². The number of rotatable bonds is 8. The van der Waals surface area contributed by atoms with Crippen molar-refractivity contribution in [3.8, 4) is 5.75 Å². The molecule has 3 rings (SSSR count). The Hall–Kier alpha value is -2.82. The standard InChI is InChI=1S/C24H30N2O3/c1-4-19(5-2)23(27)25-20-13-14-22-21(16-20)26(24(28)17(3)29-22)15-9-12-18-10-7-6-8-11-18/h6-8,10-11,13-14,16-17,19H,4-5,9,12,15H2,1-3H3,(H,25,27). The molecule has 1 unspecified atom stereocenters. The third kappa shape index (κ3) is 4.97. The summed E-state index contributed by atoms with van der Waals surface area (Å²) in [5, 5.41) is 2.99. The first-order chi connectivity index (χ1) is 14.0. The summed E-state index contributed by atoms with van der Waals surface area (Å²) in [6.07, 6.45) is 2.85. The van der Waals surface area contributed by atoms with Crippen molar-refractivity contribution in [1.82, 2.24) is 0 Å². The number of anilines is 2. The van der Waals surface area contributed by atoms with Gasteiger partial charge in [0, 0.05) is 18.2 Å². The number of hydrogen-bond acceptors (Lipinski definition) is 3. The third-order valence-corrected chi connectivity index (χ3v) is 5.48. The van der Waals surface area contributed by atoms with Gasteiger partial charge in [0.05, 0.1) is 5.69 Å². The van der Waals surface area contributed by atoms with E-state index in [2.05, 4.69) is 17.4 Å². The number of carbonyl (C=O) groups is 2. The summed E-state index contributed by atoms with van der Waals surface area (Å²) >= 11 is 0. The Bertz CT molecular complexity index is 846. The number of benzene rings is 2. The Labute approximate surface area is 173 Å². The highest BCUT2D eigenvalue weighted by atomic mass is 16.5. The van der Waals surface area contributed by atoms with E-state index in [-0.39, 0.29) is 17.7 Å². The molecule has 1 N–H and O–H groups in total. The molecule has 154 valence electrons. The highest BCUT2D eigenvalue weighted by Gasteiger charge is 2.31. The molecule has 1 atom stereocenters. The van der Waals surface area contributed by atoms with Crippen molar-refractivity contribution in [2.75, 3.05) is 16.8 Å². The molecule has 29 heavy (non-hydrogen) atoms. The highest BCUT2D eigenvalue weighted by Crippen LogP contribution is 2.36. The second kappa shape index (κ2) is 9.59. The van der Waals surface area contributed by atoms with Gasteiger partial charge in [-0.2, -0.15) is 0 Å². The highest BCUT2D eigenvalue weighted by molar-refractivity contribution is 6.01. The number of aryl methyl sites for hydroxylation is 1. The largest absolute Gasteiger partial charge is 0.479 e. The fourth-order valence-electron chi connectivity index (χ4n) is 3.71. The van der Waals surface area contributed by atoms with Gasteiger partial charge in [-0.25, -0.2) is 0 Å². The van der Waals surface area contributed by atoms with Gasteiger partial charge in [0.15, 0.2) is 6.10 Å². The molecule has 5 nitrogen and oxygen atoms in total. The van der Waals surface area contributed by atoms with E-state index in [1.807, 2.05) is 50.2 Å². The summed E-state index contributed by atoms with van der Waals surface area (Å²) in [6.45, 7) is 6.42.